The van der Waals surface area contributed by atoms with E-state index in [-0.39, 0.29) is 5.41 Å². The maximum Gasteiger partial charge on any atom is 0.269 e. The topological polar surface area (TPSA) is 35.9 Å². The number of benzene rings is 8. The Balaban J connectivity index is 0.998. The van der Waals surface area contributed by atoms with Gasteiger partial charge in [-0.1, -0.05) is 193 Å². The van der Waals surface area contributed by atoms with Crippen LogP contribution < -0.4 is 9.30 Å². The Morgan fingerprint density at radius 2 is 1.13 bits per heavy atom. The number of aromatic nitrogens is 4. The summed E-state index contributed by atoms with van der Waals surface area (Å²) in [5.41, 5.74) is 15.8. The number of rotatable bonds is 10. The standard InChI is InChI=1S/C63H54N4O/c1-42(2)43(3)55-39-61(64-40-56(55)46-31-33-47(34-32-46)63(4,5)6)67-57-28-14-13-25-53(57)54-36-35-50(38-60(54)67)68-49-24-17-23-48(37-49)65-41-66(59-30-16-15-29-58(59)65)62-51(44-19-9-7-10-20-44)26-18-27-52(62)45-21-11-8-12-22-45/h7-40,42-43H,1-6H3. The molecule has 3 aromatic heterocycles. The van der Waals surface area contributed by atoms with Crippen molar-refractivity contribution in [3.63, 3.8) is 0 Å². The fourth-order valence-corrected chi connectivity index (χ4v) is 9.69. The fraction of sp³-hybridized carbons (Fsp3) is 0.143. The number of ether oxygens (including phenoxy) is 1. The first-order chi connectivity index (χ1) is 33.1. The van der Waals surface area contributed by atoms with Crippen molar-refractivity contribution in [3.8, 4) is 62.1 Å². The molecule has 0 spiro atoms. The third-order valence-electron chi connectivity index (χ3n) is 13.7. The third kappa shape index (κ3) is 7.74. The fourth-order valence-electron chi connectivity index (χ4n) is 9.69. The van der Waals surface area contributed by atoms with Gasteiger partial charge in [-0.3, -0.25) is 13.7 Å². The van der Waals surface area contributed by atoms with E-state index in [4.69, 9.17) is 9.72 Å². The van der Waals surface area contributed by atoms with E-state index in [2.05, 4.69) is 262 Å². The summed E-state index contributed by atoms with van der Waals surface area (Å²) in [7, 11) is 0. The van der Waals surface area contributed by atoms with Crippen molar-refractivity contribution < 1.29 is 9.30 Å². The van der Waals surface area contributed by atoms with Crippen molar-refractivity contribution in [3.05, 3.63) is 224 Å². The van der Waals surface area contributed by atoms with Gasteiger partial charge < -0.3 is 4.74 Å². The maximum absolute atomic E-state index is 6.83. The van der Waals surface area contributed by atoms with Crippen LogP contribution in [0.2, 0.25) is 0 Å². The van der Waals surface area contributed by atoms with Gasteiger partial charge in [0, 0.05) is 28.6 Å². The number of fused-ring (bicyclic) bond motifs is 4. The van der Waals surface area contributed by atoms with E-state index >= 15 is 0 Å². The van der Waals surface area contributed by atoms with Gasteiger partial charge in [-0.2, -0.15) is 0 Å². The first-order valence-electron chi connectivity index (χ1n) is 23.7. The Morgan fingerprint density at radius 1 is 0.529 bits per heavy atom. The molecule has 0 aliphatic carbocycles. The van der Waals surface area contributed by atoms with Crippen LogP contribution in [0.15, 0.2) is 206 Å². The van der Waals surface area contributed by atoms with Crippen LogP contribution in [0, 0.1) is 12.2 Å². The minimum atomic E-state index is 0.0832. The third-order valence-corrected chi connectivity index (χ3v) is 13.7. The monoisotopic (exact) mass is 882 g/mol. The average Bonchev–Trinajstić information content (AvgIpc) is 3.92. The molecule has 0 aliphatic rings. The Morgan fingerprint density at radius 3 is 1.82 bits per heavy atom. The van der Waals surface area contributed by atoms with Crippen molar-refractivity contribution in [1.82, 2.24) is 14.1 Å². The molecule has 0 saturated carbocycles. The van der Waals surface area contributed by atoms with Crippen molar-refractivity contribution in [1.29, 1.82) is 0 Å². The first-order valence-corrected chi connectivity index (χ1v) is 23.7. The van der Waals surface area contributed by atoms with Crippen molar-refractivity contribution in [2.45, 2.75) is 52.9 Å². The van der Waals surface area contributed by atoms with Gasteiger partial charge in [-0.05, 0) is 98.7 Å². The summed E-state index contributed by atoms with van der Waals surface area (Å²) < 4.78 is 13.5. The lowest BCUT2D eigenvalue weighted by molar-refractivity contribution is -0.571. The van der Waals surface area contributed by atoms with Gasteiger partial charge >= 0.3 is 0 Å². The summed E-state index contributed by atoms with van der Waals surface area (Å²) in [6, 6.07) is 71.0. The van der Waals surface area contributed by atoms with Gasteiger partial charge in [0.25, 0.3) is 6.33 Å². The van der Waals surface area contributed by atoms with Gasteiger partial charge in [0.05, 0.1) is 33.4 Å². The maximum atomic E-state index is 6.83. The molecule has 0 bridgehead atoms. The second-order valence-electron chi connectivity index (χ2n) is 19.3. The van der Waals surface area contributed by atoms with Gasteiger partial charge in [0.2, 0.25) is 0 Å². The highest BCUT2D eigenvalue weighted by Gasteiger charge is 2.23. The zero-order valence-electron chi connectivity index (χ0n) is 39.5. The molecule has 5 nitrogen and oxygen atoms in total. The van der Waals surface area contributed by atoms with E-state index in [1.54, 1.807) is 0 Å². The quantitative estimate of drug-likeness (QED) is 0.101. The van der Waals surface area contributed by atoms with Gasteiger partial charge in [0.1, 0.15) is 17.3 Å². The van der Waals surface area contributed by atoms with E-state index in [0.29, 0.717) is 11.8 Å². The molecule has 0 saturated heterocycles. The molecule has 0 aliphatic heterocycles. The number of hydrogen-bond acceptors (Lipinski definition) is 2. The van der Waals surface area contributed by atoms with Gasteiger partial charge in [-0.25, -0.2) is 4.98 Å². The van der Waals surface area contributed by atoms with Crippen molar-refractivity contribution in [2.24, 2.45) is 5.92 Å². The normalized spacial score (nSPS) is 12.3. The second-order valence-corrected chi connectivity index (χ2v) is 19.3. The molecule has 332 valence electrons. The Hall–Kier alpha value is -8.02. The largest absolute Gasteiger partial charge is 0.458 e. The lowest BCUT2D eigenvalue weighted by Gasteiger charge is -2.23. The SMILES string of the molecule is CC(C)C(C)c1cc(-n2c3ccccc3c3ccc(Oc4cccc(-n5[c-][n+](-c6c(-c7ccccc7)cccc6-c6ccccc6)c6ccccc65)c4)cc32)ncc1-c1ccc(C(C)(C)C)cc1. The molecule has 11 aromatic rings. The van der Waals surface area contributed by atoms with Crippen LogP contribution in [0.3, 0.4) is 0 Å². The molecule has 0 radical (unpaired) electrons. The average molecular weight is 883 g/mol. The smallest absolute Gasteiger partial charge is 0.269 e. The summed E-state index contributed by atoms with van der Waals surface area (Å²) in [6.07, 6.45) is 5.89. The zero-order valence-corrected chi connectivity index (χ0v) is 39.5. The number of imidazole rings is 1. The Bertz CT molecular complexity index is 3560. The van der Waals surface area contributed by atoms with E-state index in [9.17, 15) is 0 Å². The predicted molar refractivity (Wildman–Crippen MR) is 281 cm³/mol. The van der Waals surface area contributed by atoms with Crippen molar-refractivity contribution >= 4 is 32.8 Å². The number of hydrogen-bond donors (Lipinski definition) is 0. The summed E-state index contributed by atoms with van der Waals surface area (Å²) in [6.45, 7) is 13.7. The molecular formula is C63H54N4O. The van der Waals surface area contributed by atoms with E-state index in [0.717, 1.165) is 78.4 Å². The molecule has 11 rings (SSSR count). The minimum Gasteiger partial charge on any atom is -0.458 e. The first kappa shape index (κ1) is 42.6. The van der Waals surface area contributed by atoms with E-state index in [1.165, 1.54) is 27.6 Å². The minimum absolute atomic E-state index is 0.0832. The highest BCUT2D eigenvalue weighted by atomic mass is 16.5. The molecule has 3 heterocycles. The Labute approximate surface area is 399 Å². The highest BCUT2D eigenvalue weighted by molar-refractivity contribution is 6.09. The number of para-hydroxylation sites is 4. The zero-order chi connectivity index (χ0) is 46.5. The molecule has 68 heavy (non-hydrogen) atoms. The molecule has 8 aromatic carbocycles. The van der Waals surface area contributed by atoms with E-state index in [1.807, 2.05) is 6.07 Å². The summed E-state index contributed by atoms with van der Waals surface area (Å²) in [4.78, 5) is 5.24. The van der Waals surface area contributed by atoms with Crippen LogP contribution in [0.1, 0.15) is 58.6 Å². The molecule has 1 atom stereocenters. The van der Waals surface area contributed by atoms with E-state index < -0.39 is 0 Å². The molecule has 0 fully saturated rings. The molecular weight excluding hydrogens is 829 g/mol. The van der Waals surface area contributed by atoms with Crippen molar-refractivity contribution in [2.75, 3.05) is 0 Å². The predicted octanol–water partition coefficient (Wildman–Crippen LogP) is 16.0. The summed E-state index contributed by atoms with van der Waals surface area (Å²) >= 11 is 0. The molecule has 0 N–H and O–H groups in total. The summed E-state index contributed by atoms with van der Waals surface area (Å²) in [5, 5.41) is 2.32. The lowest BCUT2D eigenvalue weighted by atomic mass is 9.84. The van der Waals surface area contributed by atoms with Crippen LogP contribution in [0.25, 0.3) is 83.4 Å². The van der Waals surface area contributed by atoms with Gasteiger partial charge in [0.15, 0.2) is 0 Å². The van der Waals surface area contributed by atoms with Gasteiger partial charge in [-0.15, -0.1) is 0 Å². The van der Waals surface area contributed by atoms with Crippen LogP contribution in [-0.4, -0.2) is 14.1 Å². The molecule has 0 amide bonds. The van der Waals surface area contributed by atoms with Crippen LogP contribution >= 0.6 is 0 Å². The van der Waals surface area contributed by atoms with Crippen LogP contribution in [0.5, 0.6) is 11.5 Å². The number of pyridine rings is 1. The summed E-state index contributed by atoms with van der Waals surface area (Å²) in [5.74, 6) is 3.11. The molecule has 1 unspecified atom stereocenters. The molecule has 5 heteroatoms. The Kier molecular flexibility index (Phi) is 10.9. The van der Waals surface area contributed by atoms with Crippen LogP contribution in [0.4, 0.5) is 0 Å². The van der Waals surface area contributed by atoms with Crippen LogP contribution in [-0.2, 0) is 5.41 Å². The second kappa shape index (κ2) is 17.3. The number of nitrogens with zero attached hydrogens (tertiary/aromatic N) is 4. The highest BCUT2D eigenvalue weighted by Crippen LogP contribution is 2.40. The lowest BCUT2D eigenvalue weighted by Crippen LogP contribution is -2.31.